The van der Waals surface area contributed by atoms with Crippen LogP contribution in [-0.4, -0.2) is 12.0 Å². The SMILES string of the molecule is CNc1ccnc(N)c1.Cl. The van der Waals surface area contributed by atoms with E-state index in [9.17, 15) is 0 Å². The third-order valence-electron chi connectivity index (χ3n) is 1.07. The first-order valence-electron chi connectivity index (χ1n) is 2.72. The molecule has 10 heavy (non-hydrogen) atoms. The average molecular weight is 160 g/mol. The van der Waals surface area contributed by atoms with Crippen molar-refractivity contribution in [2.75, 3.05) is 18.1 Å². The summed E-state index contributed by atoms with van der Waals surface area (Å²) in [5, 5.41) is 2.95. The van der Waals surface area contributed by atoms with Crippen LogP contribution in [0.2, 0.25) is 0 Å². The molecule has 0 aliphatic heterocycles. The molecule has 3 N–H and O–H groups in total. The van der Waals surface area contributed by atoms with Crippen LogP contribution in [0.1, 0.15) is 0 Å². The van der Waals surface area contributed by atoms with Gasteiger partial charge in [0.25, 0.3) is 0 Å². The van der Waals surface area contributed by atoms with E-state index in [1.165, 1.54) is 0 Å². The summed E-state index contributed by atoms with van der Waals surface area (Å²) in [6, 6.07) is 3.64. The first kappa shape index (κ1) is 9.04. The van der Waals surface area contributed by atoms with E-state index in [1.54, 1.807) is 12.3 Å². The van der Waals surface area contributed by atoms with E-state index in [1.807, 2.05) is 13.1 Å². The topological polar surface area (TPSA) is 50.9 Å². The zero-order valence-electron chi connectivity index (χ0n) is 5.66. The molecule has 0 atom stereocenters. The highest BCUT2D eigenvalue weighted by atomic mass is 35.5. The number of nitrogen functional groups attached to an aromatic ring is 1. The first-order valence-corrected chi connectivity index (χ1v) is 2.72. The average Bonchev–Trinajstić information content (AvgIpc) is 1.88. The summed E-state index contributed by atoms with van der Waals surface area (Å²) in [4.78, 5) is 3.83. The normalized spacial score (nSPS) is 8.10. The third-order valence-corrected chi connectivity index (χ3v) is 1.07. The largest absolute Gasteiger partial charge is 0.388 e. The fourth-order valence-electron chi connectivity index (χ4n) is 0.604. The molecule has 0 fully saturated rings. The van der Waals surface area contributed by atoms with Gasteiger partial charge in [0, 0.05) is 25.0 Å². The zero-order chi connectivity index (χ0) is 6.69. The van der Waals surface area contributed by atoms with E-state index < -0.39 is 0 Å². The Labute approximate surface area is 66.1 Å². The first-order chi connectivity index (χ1) is 4.33. The molecule has 1 rings (SSSR count). The van der Waals surface area contributed by atoms with Crippen LogP contribution < -0.4 is 11.1 Å². The number of nitrogens with one attached hydrogen (secondary N) is 1. The molecule has 0 saturated heterocycles. The molecular formula is C6H10ClN3. The molecule has 56 valence electrons. The van der Waals surface area contributed by atoms with Gasteiger partial charge >= 0.3 is 0 Å². The van der Waals surface area contributed by atoms with Crippen molar-refractivity contribution in [3.05, 3.63) is 18.3 Å². The third kappa shape index (κ3) is 2.11. The molecule has 1 aromatic rings. The van der Waals surface area contributed by atoms with Crippen molar-refractivity contribution in [3.63, 3.8) is 0 Å². The van der Waals surface area contributed by atoms with Gasteiger partial charge in [-0.05, 0) is 6.07 Å². The lowest BCUT2D eigenvalue weighted by Crippen LogP contribution is -1.92. The van der Waals surface area contributed by atoms with Gasteiger partial charge in [-0.1, -0.05) is 0 Å². The number of hydrogen-bond donors (Lipinski definition) is 2. The minimum Gasteiger partial charge on any atom is -0.388 e. The van der Waals surface area contributed by atoms with Crippen molar-refractivity contribution in [1.82, 2.24) is 4.98 Å². The van der Waals surface area contributed by atoms with E-state index >= 15 is 0 Å². The van der Waals surface area contributed by atoms with Gasteiger partial charge in [-0.2, -0.15) is 0 Å². The molecule has 0 radical (unpaired) electrons. The fraction of sp³-hybridized carbons (Fsp3) is 0.167. The second-order valence-electron chi connectivity index (χ2n) is 1.72. The van der Waals surface area contributed by atoms with Gasteiger partial charge in [0.1, 0.15) is 5.82 Å². The van der Waals surface area contributed by atoms with Crippen LogP contribution >= 0.6 is 12.4 Å². The van der Waals surface area contributed by atoms with Crippen molar-refractivity contribution in [3.8, 4) is 0 Å². The van der Waals surface area contributed by atoms with Crippen molar-refractivity contribution < 1.29 is 0 Å². The molecule has 1 aromatic heterocycles. The highest BCUT2D eigenvalue weighted by Gasteiger charge is 1.86. The van der Waals surface area contributed by atoms with E-state index in [0.717, 1.165) is 5.69 Å². The number of rotatable bonds is 1. The van der Waals surface area contributed by atoms with Crippen LogP contribution in [0, 0.1) is 0 Å². The molecule has 3 nitrogen and oxygen atoms in total. The molecule has 0 aliphatic rings. The maximum absolute atomic E-state index is 5.38. The number of pyridine rings is 1. The Bertz CT molecular complexity index is 202. The van der Waals surface area contributed by atoms with Crippen LogP contribution in [0.5, 0.6) is 0 Å². The second kappa shape index (κ2) is 3.95. The summed E-state index contributed by atoms with van der Waals surface area (Å²) in [5.41, 5.74) is 6.37. The van der Waals surface area contributed by atoms with Gasteiger partial charge in [-0.3, -0.25) is 0 Å². The lowest BCUT2D eigenvalue weighted by molar-refractivity contribution is 1.32. The van der Waals surface area contributed by atoms with E-state index in [2.05, 4.69) is 10.3 Å². The Balaban J connectivity index is 0.000000810. The van der Waals surface area contributed by atoms with Crippen LogP contribution in [0.25, 0.3) is 0 Å². The molecule has 0 spiro atoms. The Hall–Kier alpha value is -0.960. The summed E-state index contributed by atoms with van der Waals surface area (Å²) in [7, 11) is 1.84. The lowest BCUT2D eigenvalue weighted by Gasteiger charge is -1.97. The Kier molecular flexibility index (Phi) is 3.57. The summed E-state index contributed by atoms with van der Waals surface area (Å²) in [6.45, 7) is 0. The molecule has 0 aromatic carbocycles. The lowest BCUT2D eigenvalue weighted by atomic mass is 10.4. The number of nitrogens with zero attached hydrogens (tertiary/aromatic N) is 1. The van der Waals surface area contributed by atoms with E-state index in [4.69, 9.17) is 5.73 Å². The van der Waals surface area contributed by atoms with E-state index in [0.29, 0.717) is 5.82 Å². The van der Waals surface area contributed by atoms with Crippen LogP contribution in [0.15, 0.2) is 18.3 Å². The van der Waals surface area contributed by atoms with Crippen molar-refractivity contribution in [1.29, 1.82) is 0 Å². The van der Waals surface area contributed by atoms with Crippen molar-refractivity contribution in [2.24, 2.45) is 0 Å². The quantitative estimate of drug-likeness (QED) is 0.646. The molecule has 4 heteroatoms. The monoisotopic (exact) mass is 159 g/mol. The number of anilines is 2. The predicted molar refractivity (Wildman–Crippen MR) is 45.4 cm³/mol. The smallest absolute Gasteiger partial charge is 0.125 e. The Morgan fingerprint density at radius 2 is 2.30 bits per heavy atom. The Morgan fingerprint density at radius 1 is 1.60 bits per heavy atom. The van der Waals surface area contributed by atoms with Gasteiger partial charge in [-0.15, -0.1) is 12.4 Å². The predicted octanol–water partition coefficient (Wildman–Crippen LogP) is 1.13. The second-order valence-corrected chi connectivity index (χ2v) is 1.72. The maximum Gasteiger partial charge on any atom is 0.125 e. The standard InChI is InChI=1S/C6H9N3.ClH/c1-8-5-2-3-9-6(7)4-5;/h2-4H,1H3,(H3,7,8,9);1H. The van der Waals surface area contributed by atoms with Crippen LogP contribution in [0.4, 0.5) is 11.5 Å². The molecule has 0 aliphatic carbocycles. The number of nitrogens with two attached hydrogens (primary N) is 1. The molecule has 0 amide bonds. The van der Waals surface area contributed by atoms with Crippen LogP contribution in [-0.2, 0) is 0 Å². The highest BCUT2D eigenvalue weighted by molar-refractivity contribution is 5.85. The van der Waals surface area contributed by atoms with Crippen molar-refractivity contribution in [2.45, 2.75) is 0 Å². The van der Waals surface area contributed by atoms with Crippen molar-refractivity contribution >= 4 is 23.9 Å². The minimum atomic E-state index is 0. The summed E-state index contributed by atoms with van der Waals surface area (Å²) in [6.07, 6.45) is 1.67. The van der Waals surface area contributed by atoms with Crippen LogP contribution in [0.3, 0.4) is 0 Å². The summed E-state index contributed by atoms with van der Waals surface area (Å²) in [5.74, 6) is 0.543. The molecule has 0 saturated carbocycles. The minimum absolute atomic E-state index is 0. The Morgan fingerprint density at radius 3 is 2.70 bits per heavy atom. The van der Waals surface area contributed by atoms with Gasteiger partial charge in [-0.25, -0.2) is 4.98 Å². The molecule has 1 heterocycles. The van der Waals surface area contributed by atoms with Gasteiger partial charge in [0.05, 0.1) is 0 Å². The highest BCUT2D eigenvalue weighted by Crippen LogP contribution is 2.06. The molecule has 0 unspecified atom stereocenters. The summed E-state index contributed by atoms with van der Waals surface area (Å²) >= 11 is 0. The molecular weight excluding hydrogens is 150 g/mol. The number of halogens is 1. The van der Waals surface area contributed by atoms with Gasteiger partial charge in [0.2, 0.25) is 0 Å². The number of hydrogen-bond acceptors (Lipinski definition) is 3. The maximum atomic E-state index is 5.38. The zero-order valence-corrected chi connectivity index (χ0v) is 6.48. The molecule has 0 bridgehead atoms. The van der Waals surface area contributed by atoms with Gasteiger partial charge in [0.15, 0.2) is 0 Å². The summed E-state index contributed by atoms with van der Waals surface area (Å²) < 4.78 is 0. The number of aromatic nitrogens is 1. The van der Waals surface area contributed by atoms with Gasteiger partial charge < -0.3 is 11.1 Å². The van der Waals surface area contributed by atoms with E-state index in [-0.39, 0.29) is 12.4 Å². The fourth-order valence-corrected chi connectivity index (χ4v) is 0.604.